The number of aromatic amines is 2. The number of amides is 1. The molecule has 2 N–H and O–H groups in total. The van der Waals surface area contributed by atoms with Crippen LogP contribution in [0.15, 0.2) is 15.7 Å². The van der Waals surface area contributed by atoms with Crippen molar-refractivity contribution in [3.05, 3.63) is 48.0 Å². The summed E-state index contributed by atoms with van der Waals surface area (Å²) in [5.41, 5.74) is -0.0986. The Morgan fingerprint density at radius 3 is 2.48 bits per heavy atom. The van der Waals surface area contributed by atoms with Crippen molar-refractivity contribution in [3.8, 4) is 0 Å². The number of carbonyl (C=O) groups excluding carboxylic acids is 1. The van der Waals surface area contributed by atoms with Crippen LogP contribution in [0.1, 0.15) is 18.1 Å². The van der Waals surface area contributed by atoms with Gasteiger partial charge in [-0.15, -0.1) is 0 Å². The maximum Gasteiger partial charge on any atom is 0.314 e. The number of hydrogen-bond donors (Lipinski definition) is 2. The molecule has 0 saturated carbocycles. The fraction of sp³-hybridized carbons (Fsp3) is 0.357. The molecule has 3 rings (SSSR count). The van der Waals surface area contributed by atoms with Crippen LogP contribution in [0.5, 0.6) is 0 Å². The number of hydrogen-bond acceptors (Lipinski definition) is 5. The van der Waals surface area contributed by atoms with E-state index in [1.54, 1.807) is 7.05 Å². The third kappa shape index (κ3) is 2.30. The van der Waals surface area contributed by atoms with E-state index < -0.39 is 16.0 Å². The van der Waals surface area contributed by atoms with E-state index in [-0.39, 0.29) is 23.2 Å². The normalized spacial score (nSPS) is 16.3. The molecule has 0 radical (unpaired) electrons. The standard InChI is InChI=1S/C14H14N4O5/c1-6(19)17(2)7-3-8-9(4-7)12-10(5-11(8)18(22)23)15-13(20)14(21)16-12/h5,7H,3-4H2,1-2H3,(H,15,20)(H,16,21). The van der Waals surface area contributed by atoms with Crippen molar-refractivity contribution >= 4 is 22.6 Å². The number of fused-ring (bicyclic) bond motifs is 3. The van der Waals surface area contributed by atoms with Crippen LogP contribution in [-0.4, -0.2) is 38.8 Å². The summed E-state index contributed by atoms with van der Waals surface area (Å²) in [5.74, 6) is -0.142. The average Bonchev–Trinajstić information content (AvgIpc) is 2.92. The molecule has 1 aromatic heterocycles. The van der Waals surface area contributed by atoms with Crippen LogP contribution < -0.4 is 11.1 Å². The highest BCUT2D eigenvalue weighted by atomic mass is 16.6. The zero-order valence-corrected chi connectivity index (χ0v) is 12.5. The van der Waals surface area contributed by atoms with Gasteiger partial charge < -0.3 is 14.9 Å². The Morgan fingerprint density at radius 2 is 1.87 bits per heavy atom. The lowest BCUT2D eigenvalue weighted by Crippen LogP contribution is -2.36. The minimum Gasteiger partial charge on any atom is -0.342 e. The topological polar surface area (TPSA) is 129 Å². The van der Waals surface area contributed by atoms with Crippen LogP contribution in [0.2, 0.25) is 0 Å². The minimum absolute atomic E-state index is 0.116. The van der Waals surface area contributed by atoms with Gasteiger partial charge in [0.25, 0.3) is 5.69 Å². The van der Waals surface area contributed by atoms with E-state index in [9.17, 15) is 24.5 Å². The Labute approximate surface area is 129 Å². The van der Waals surface area contributed by atoms with E-state index in [4.69, 9.17) is 0 Å². The van der Waals surface area contributed by atoms with Crippen molar-refractivity contribution in [2.45, 2.75) is 25.8 Å². The van der Waals surface area contributed by atoms with Crippen molar-refractivity contribution in [1.29, 1.82) is 0 Å². The predicted molar refractivity (Wildman–Crippen MR) is 81.5 cm³/mol. The van der Waals surface area contributed by atoms with E-state index >= 15 is 0 Å². The first-order chi connectivity index (χ1) is 10.8. The van der Waals surface area contributed by atoms with Gasteiger partial charge in [0.05, 0.1) is 16.0 Å². The molecule has 1 aromatic carbocycles. The van der Waals surface area contributed by atoms with Gasteiger partial charge in [0, 0.05) is 38.1 Å². The molecule has 120 valence electrons. The number of nitro groups is 1. The number of rotatable bonds is 2. The lowest BCUT2D eigenvalue weighted by molar-refractivity contribution is -0.385. The number of nitrogens with zero attached hydrogens (tertiary/aromatic N) is 2. The monoisotopic (exact) mass is 318 g/mol. The zero-order valence-electron chi connectivity index (χ0n) is 12.5. The van der Waals surface area contributed by atoms with Crippen molar-refractivity contribution in [1.82, 2.24) is 14.9 Å². The highest BCUT2D eigenvalue weighted by Crippen LogP contribution is 2.36. The molecule has 0 saturated heterocycles. The molecular weight excluding hydrogens is 304 g/mol. The number of nitrogens with one attached hydrogen (secondary N) is 2. The highest BCUT2D eigenvalue weighted by molar-refractivity contribution is 5.84. The van der Waals surface area contributed by atoms with Crippen LogP contribution in [0.3, 0.4) is 0 Å². The van der Waals surface area contributed by atoms with Crippen molar-refractivity contribution in [2.75, 3.05) is 7.05 Å². The molecule has 1 aliphatic carbocycles. The predicted octanol–water partition coefficient (Wildman–Crippen LogP) is 0.0701. The van der Waals surface area contributed by atoms with Gasteiger partial charge in [0.1, 0.15) is 0 Å². The van der Waals surface area contributed by atoms with Crippen LogP contribution in [0.4, 0.5) is 5.69 Å². The second kappa shape index (κ2) is 5.04. The van der Waals surface area contributed by atoms with E-state index in [0.29, 0.717) is 29.5 Å². The Morgan fingerprint density at radius 1 is 1.26 bits per heavy atom. The van der Waals surface area contributed by atoms with Crippen molar-refractivity contribution in [3.63, 3.8) is 0 Å². The van der Waals surface area contributed by atoms with Gasteiger partial charge in [-0.05, 0) is 12.0 Å². The summed E-state index contributed by atoms with van der Waals surface area (Å²) < 4.78 is 0. The fourth-order valence-corrected chi connectivity index (χ4v) is 3.05. The van der Waals surface area contributed by atoms with E-state index in [1.165, 1.54) is 17.9 Å². The number of H-pyrrole nitrogens is 2. The molecule has 0 fully saturated rings. The Bertz CT molecular complexity index is 958. The van der Waals surface area contributed by atoms with Gasteiger partial charge in [-0.1, -0.05) is 0 Å². The first kappa shape index (κ1) is 14.9. The van der Waals surface area contributed by atoms with Crippen LogP contribution in [0, 0.1) is 10.1 Å². The number of aromatic nitrogens is 2. The van der Waals surface area contributed by atoms with Crippen LogP contribution in [-0.2, 0) is 17.6 Å². The lowest BCUT2D eigenvalue weighted by Gasteiger charge is -2.22. The molecule has 1 unspecified atom stereocenters. The van der Waals surface area contributed by atoms with E-state index in [0.717, 1.165) is 0 Å². The molecule has 0 aliphatic heterocycles. The number of carbonyl (C=O) groups is 1. The maximum absolute atomic E-state index is 11.6. The largest absolute Gasteiger partial charge is 0.342 e. The summed E-state index contributed by atoms with van der Waals surface area (Å²) in [6.45, 7) is 1.43. The van der Waals surface area contributed by atoms with Crippen molar-refractivity contribution < 1.29 is 9.72 Å². The average molecular weight is 318 g/mol. The molecule has 0 bridgehead atoms. The van der Waals surface area contributed by atoms with Gasteiger partial charge in [0.15, 0.2) is 0 Å². The smallest absolute Gasteiger partial charge is 0.314 e. The minimum atomic E-state index is -0.859. The molecule has 1 heterocycles. The third-order valence-electron chi connectivity index (χ3n) is 4.34. The highest BCUT2D eigenvalue weighted by Gasteiger charge is 2.34. The second-order valence-electron chi connectivity index (χ2n) is 5.63. The number of benzene rings is 1. The second-order valence-corrected chi connectivity index (χ2v) is 5.63. The SMILES string of the molecule is CC(=O)N(C)C1Cc2c([N+](=O)[O-])cc3[nH]c(=O)c(=O)[nH]c3c2C1. The van der Waals surface area contributed by atoms with E-state index in [1.807, 2.05) is 0 Å². The van der Waals surface area contributed by atoms with Crippen LogP contribution in [0.25, 0.3) is 11.0 Å². The van der Waals surface area contributed by atoms with Gasteiger partial charge in [-0.2, -0.15) is 0 Å². The van der Waals surface area contributed by atoms with Gasteiger partial charge in [-0.25, -0.2) is 0 Å². The molecule has 23 heavy (non-hydrogen) atoms. The molecule has 0 spiro atoms. The van der Waals surface area contributed by atoms with Gasteiger partial charge >= 0.3 is 11.1 Å². The fourth-order valence-electron chi connectivity index (χ4n) is 3.05. The molecular formula is C14H14N4O5. The maximum atomic E-state index is 11.6. The van der Waals surface area contributed by atoms with Gasteiger partial charge in [-0.3, -0.25) is 24.5 Å². The summed E-state index contributed by atoms with van der Waals surface area (Å²) in [6.07, 6.45) is 0.713. The Balaban J connectivity index is 2.26. The summed E-state index contributed by atoms with van der Waals surface area (Å²) in [6, 6.07) is 1.03. The summed E-state index contributed by atoms with van der Waals surface area (Å²) in [4.78, 5) is 51.8. The summed E-state index contributed by atoms with van der Waals surface area (Å²) >= 11 is 0. The molecule has 1 amide bonds. The quantitative estimate of drug-likeness (QED) is 0.460. The third-order valence-corrected chi connectivity index (χ3v) is 4.34. The first-order valence-electron chi connectivity index (χ1n) is 6.98. The number of nitro benzene ring substituents is 1. The van der Waals surface area contributed by atoms with E-state index in [2.05, 4.69) is 9.97 Å². The molecule has 1 atom stereocenters. The molecule has 9 heteroatoms. The summed E-state index contributed by atoms with van der Waals surface area (Å²) in [7, 11) is 1.64. The molecule has 9 nitrogen and oxygen atoms in total. The lowest BCUT2D eigenvalue weighted by atomic mass is 10.1. The zero-order chi connectivity index (χ0) is 16.9. The van der Waals surface area contributed by atoms with Gasteiger partial charge in [0.2, 0.25) is 5.91 Å². The molecule has 1 aliphatic rings. The molecule has 2 aromatic rings. The Hall–Kier alpha value is -2.97. The Kier molecular flexibility index (Phi) is 3.28. The van der Waals surface area contributed by atoms with Crippen LogP contribution >= 0.6 is 0 Å². The van der Waals surface area contributed by atoms with Crippen molar-refractivity contribution in [2.24, 2.45) is 0 Å². The first-order valence-corrected chi connectivity index (χ1v) is 6.98. The summed E-state index contributed by atoms with van der Waals surface area (Å²) in [5, 5.41) is 11.3. The number of likely N-dealkylation sites (N-methyl/N-ethyl adjacent to an activating group) is 1.